The van der Waals surface area contributed by atoms with Gasteiger partial charge < -0.3 is 9.73 Å². The molecule has 0 aliphatic heterocycles. The molecule has 0 spiro atoms. The van der Waals surface area contributed by atoms with Crippen molar-refractivity contribution in [1.29, 1.82) is 0 Å². The van der Waals surface area contributed by atoms with Crippen LogP contribution in [0.1, 0.15) is 25.8 Å². The maximum Gasteiger partial charge on any atom is 0.257 e. The third kappa shape index (κ3) is 3.17. The maximum absolute atomic E-state index is 12.2. The van der Waals surface area contributed by atoms with E-state index in [-0.39, 0.29) is 11.7 Å². The normalized spacial score (nSPS) is 15.5. The summed E-state index contributed by atoms with van der Waals surface area (Å²) in [5, 5.41) is 7.78. The second-order valence-corrected chi connectivity index (χ2v) is 6.95. The van der Waals surface area contributed by atoms with Gasteiger partial charge in [-0.1, -0.05) is 23.9 Å². The zero-order valence-electron chi connectivity index (χ0n) is 13.3. The highest BCUT2D eigenvalue weighted by Gasteiger charge is 2.30. The van der Waals surface area contributed by atoms with Gasteiger partial charge in [-0.05, 0) is 37.8 Å². The maximum atomic E-state index is 12.2. The van der Waals surface area contributed by atoms with Crippen LogP contribution in [0.25, 0.3) is 11.1 Å². The molecule has 7 heteroatoms. The summed E-state index contributed by atoms with van der Waals surface area (Å²) in [4.78, 5) is 16.6. The van der Waals surface area contributed by atoms with Crippen LogP contribution in [0.5, 0.6) is 0 Å². The van der Waals surface area contributed by atoms with Crippen LogP contribution in [0.4, 0.5) is 5.82 Å². The molecule has 0 saturated heterocycles. The Morgan fingerprint density at radius 1 is 1.42 bits per heavy atom. The molecule has 1 aliphatic carbocycles. The number of carbonyl (C=O) groups excluding carboxylic acids is 1. The number of nitrogens with one attached hydrogen (secondary N) is 1. The number of amides is 1. The van der Waals surface area contributed by atoms with Crippen molar-refractivity contribution in [1.82, 2.24) is 14.8 Å². The van der Waals surface area contributed by atoms with Gasteiger partial charge in [-0.15, -0.1) is 0 Å². The SMILES string of the molecule is CC(C1CC1)n1nccc1NC(=O)CSc1nc2ccccc2o1. The topological polar surface area (TPSA) is 73.0 Å². The van der Waals surface area contributed by atoms with E-state index in [0.717, 1.165) is 16.9 Å². The Morgan fingerprint density at radius 3 is 3.04 bits per heavy atom. The van der Waals surface area contributed by atoms with E-state index < -0.39 is 0 Å². The molecule has 1 atom stereocenters. The molecule has 0 bridgehead atoms. The molecule has 1 amide bonds. The summed E-state index contributed by atoms with van der Waals surface area (Å²) in [5.41, 5.74) is 1.54. The molecule has 1 saturated carbocycles. The van der Waals surface area contributed by atoms with E-state index in [0.29, 0.717) is 17.2 Å². The highest BCUT2D eigenvalue weighted by molar-refractivity contribution is 7.99. The van der Waals surface area contributed by atoms with Gasteiger partial charge in [0.1, 0.15) is 11.3 Å². The first-order valence-electron chi connectivity index (χ1n) is 8.02. The van der Waals surface area contributed by atoms with Crippen LogP contribution < -0.4 is 5.32 Å². The first-order chi connectivity index (χ1) is 11.7. The molecule has 24 heavy (non-hydrogen) atoms. The molecule has 4 rings (SSSR count). The predicted molar refractivity (Wildman–Crippen MR) is 93.0 cm³/mol. The van der Waals surface area contributed by atoms with Gasteiger partial charge in [-0.2, -0.15) is 5.10 Å². The predicted octanol–water partition coefficient (Wildman–Crippen LogP) is 3.73. The Balaban J connectivity index is 1.37. The zero-order chi connectivity index (χ0) is 16.5. The lowest BCUT2D eigenvalue weighted by Crippen LogP contribution is -2.19. The van der Waals surface area contributed by atoms with Gasteiger partial charge in [0.25, 0.3) is 5.22 Å². The van der Waals surface area contributed by atoms with E-state index in [2.05, 4.69) is 22.3 Å². The lowest BCUT2D eigenvalue weighted by molar-refractivity contribution is -0.113. The molecule has 2 heterocycles. The third-order valence-corrected chi connectivity index (χ3v) is 5.06. The standard InChI is InChI=1S/C17H18N4O2S/c1-11(12-6-7-12)21-15(8-9-18-21)20-16(22)10-24-17-19-13-4-2-3-5-14(13)23-17/h2-5,8-9,11-12H,6-7,10H2,1H3,(H,20,22). The van der Waals surface area contributed by atoms with Crippen LogP contribution >= 0.6 is 11.8 Å². The highest BCUT2D eigenvalue weighted by atomic mass is 32.2. The minimum absolute atomic E-state index is 0.0907. The van der Waals surface area contributed by atoms with Crippen LogP contribution in [0.3, 0.4) is 0 Å². The number of carbonyl (C=O) groups is 1. The van der Waals surface area contributed by atoms with Crippen molar-refractivity contribution in [2.75, 3.05) is 11.1 Å². The minimum atomic E-state index is -0.0907. The Kier molecular flexibility index (Phi) is 4.02. The highest BCUT2D eigenvalue weighted by Crippen LogP contribution is 2.40. The summed E-state index contributed by atoms with van der Waals surface area (Å²) >= 11 is 1.29. The van der Waals surface area contributed by atoms with Crippen molar-refractivity contribution < 1.29 is 9.21 Å². The second-order valence-electron chi connectivity index (χ2n) is 6.02. The molecule has 2 aromatic heterocycles. The van der Waals surface area contributed by atoms with Crippen molar-refractivity contribution in [3.63, 3.8) is 0 Å². The van der Waals surface area contributed by atoms with E-state index in [1.54, 1.807) is 6.20 Å². The van der Waals surface area contributed by atoms with Crippen molar-refractivity contribution in [3.05, 3.63) is 36.5 Å². The molecular weight excluding hydrogens is 324 g/mol. The summed E-state index contributed by atoms with van der Waals surface area (Å²) in [6, 6.07) is 9.72. The van der Waals surface area contributed by atoms with Gasteiger partial charge >= 0.3 is 0 Å². The molecule has 1 unspecified atom stereocenters. The van der Waals surface area contributed by atoms with E-state index in [4.69, 9.17) is 4.42 Å². The quantitative estimate of drug-likeness (QED) is 0.691. The van der Waals surface area contributed by atoms with Gasteiger partial charge in [0, 0.05) is 6.07 Å². The molecule has 1 N–H and O–H groups in total. The van der Waals surface area contributed by atoms with Gasteiger partial charge in [0.05, 0.1) is 18.0 Å². The van der Waals surface area contributed by atoms with Gasteiger partial charge in [0.2, 0.25) is 5.91 Å². The van der Waals surface area contributed by atoms with Gasteiger partial charge in [-0.3, -0.25) is 4.79 Å². The number of fused-ring (bicyclic) bond motifs is 1. The average Bonchev–Trinajstić information content (AvgIpc) is 3.19. The monoisotopic (exact) mass is 342 g/mol. The fourth-order valence-corrected chi connectivity index (χ4v) is 3.37. The summed E-state index contributed by atoms with van der Waals surface area (Å²) < 4.78 is 7.51. The number of para-hydroxylation sites is 2. The number of oxazole rings is 1. The Labute approximate surface area is 143 Å². The fourth-order valence-electron chi connectivity index (χ4n) is 2.74. The summed E-state index contributed by atoms with van der Waals surface area (Å²) in [6.45, 7) is 2.15. The van der Waals surface area contributed by atoms with E-state index in [1.165, 1.54) is 24.6 Å². The van der Waals surface area contributed by atoms with Crippen molar-refractivity contribution in [3.8, 4) is 0 Å². The molecule has 124 valence electrons. The molecule has 3 aromatic rings. The number of nitrogens with zero attached hydrogens (tertiary/aromatic N) is 3. The number of hydrogen-bond donors (Lipinski definition) is 1. The van der Waals surface area contributed by atoms with Crippen molar-refractivity contribution >= 4 is 34.6 Å². The van der Waals surface area contributed by atoms with E-state index in [1.807, 2.05) is 35.0 Å². The Hall–Kier alpha value is -2.28. The summed E-state index contributed by atoms with van der Waals surface area (Å²) in [7, 11) is 0. The van der Waals surface area contributed by atoms with Gasteiger partial charge in [-0.25, -0.2) is 9.67 Å². The lowest BCUT2D eigenvalue weighted by Gasteiger charge is -2.15. The van der Waals surface area contributed by atoms with Crippen LogP contribution in [0.2, 0.25) is 0 Å². The van der Waals surface area contributed by atoms with Crippen LogP contribution in [0.15, 0.2) is 46.2 Å². The largest absolute Gasteiger partial charge is 0.431 e. The average molecular weight is 342 g/mol. The summed E-state index contributed by atoms with van der Waals surface area (Å²) in [6.07, 6.45) is 4.20. The number of aromatic nitrogens is 3. The van der Waals surface area contributed by atoms with E-state index in [9.17, 15) is 4.79 Å². The zero-order valence-corrected chi connectivity index (χ0v) is 14.1. The molecule has 1 aromatic carbocycles. The number of benzene rings is 1. The Morgan fingerprint density at radius 2 is 2.25 bits per heavy atom. The lowest BCUT2D eigenvalue weighted by atomic mass is 10.2. The van der Waals surface area contributed by atoms with Crippen LogP contribution in [0, 0.1) is 5.92 Å². The molecular formula is C17H18N4O2S. The summed E-state index contributed by atoms with van der Waals surface area (Å²) in [5.74, 6) is 1.58. The first kappa shape index (κ1) is 15.3. The third-order valence-electron chi connectivity index (χ3n) is 4.23. The number of rotatable bonds is 6. The van der Waals surface area contributed by atoms with Crippen LogP contribution in [-0.4, -0.2) is 26.4 Å². The molecule has 1 fully saturated rings. The minimum Gasteiger partial charge on any atom is -0.431 e. The Bertz CT molecular complexity index is 835. The van der Waals surface area contributed by atoms with Crippen LogP contribution in [-0.2, 0) is 4.79 Å². The van der Waals surface area contributed by atoms with E-state index >= 15 is 0 Å². The number of hydrogen-bond acceptors (Lipinski definition) is 5. The first-order valence-corrected chi connectivity index (χ1v) is 9.01. The second kappa shape index (κ2) is 6.32. The number of anilines is 1. The van der Waals surface area contributed by atoms with Crippen molar-refractivity contribution in [2.24, 2.45) is 5.92 Å². The smallest absolute Gasteiger partial charge is 0.257 e. The van der Waals surface area contributed by atoms with Crippen molar-refractivity contribution in [2.45, 2.75) is 31.0 Å². The fraction of sp³-hybridized carbons (Fsp3) is 0.353. The molecule has 6 nitrogen and oxygen atoms in total. The molecule has 1 aliphatic rings. The molecule has 0 radical (unpaired) electrons. The van der Waals surface area contributed by atoms with Gasteiger partial charge in [0.15, 0.2) is 5.58 Å². The number of thioether (sulfide) groups is 1.